The van der Waals surface area contributed by atoms with Crippen LogP contribution in [0.3, 0.4) is 0 Å². The zero-order valence-electron chi connectivity index (χ0n) is 29.6. The Labute approximate surface area is 289 Å². The molecule has 0 amide bonds. The van der Waals surface area contributed by atoms with Gasteiger partial charge in [-0.1, -0.05) is 163 Å². The van der Waals surface area contributed by atoms with Crippen molar-refractivity contribution in [3.63, 3.8) is 0 Å². The van der Waals surface area contributed by atoms with Crippen molar-refractivity contribution in [2.45, 2.75) is 82.3 Å². The van der Waals surface area contributed by atoms with Gasteiger partial charge in [0.1, 0.15) is 24.4 Å². The lowest BCUT2D eigenvalue weighted by Crippen LogP contribution is -2.72. The fourth-order valence-electron chi connectivity index (χ4n) is 7.57. The Morgan fingerprint density at radius 2 is 0.896 bits per heavy atom. The second-order valence-corrected chi connectivity index (χ2v) is 23.2. The highest BCUT2D eigenvalue weighted by atomic mass is 28.4. The Morgan fingerprint density at radius 3 is 1.23 bits per heavy atom. The van der Waals surface area contributed by atoms with Gasteiger partial charge in [0.2, 0.25) is 0 Å². The number of aliphatic hydroxyl groups is 1. The quantitative estimate of drug-likeness (QED) is 0.218. The molecule has 0 aromatic heterocycles. The summed E-state index contributed by atoms with van der Waals surface area (Å²) >= 11 is 0. The van der Waals surface area contributed by atoms with Crippen molar-refractivity contribution < 1.29 is 28.2 Å². The molecule has 1 aliphatic heterocycles. The highest BCUT2D eigenvalue weighted by Crippen LogP contribution is 2.41. The zero-order valence-corrected chi connectivity index (χ0v) is 31.6. The molecule has 1 heterocycles. The van der Waals surface area contributed by atoms with Gasteiger partial charge in [-0.3, -0.25) is 0 Å². The molecule has 6 nitrogen and oxygen atoms in total. The Bertz CT molecular complexity index is 1480. The van der Waals surface area contributed by atoms with Crippen molar-refractivity contribution >= 4 is 37.4 Å². The maximum atomic E-state index is 11.9. The average molecular weight is 685 g/mol. The van der Waals surface area contributed by atoms with Crippen molar-refractivity contribution in [1.29, 1.82) is 0 Å². The third-order valence-electron chi connectivity index (χ3n) is 9.76. The summed E-state index contributed by atoms with van der Waals surface area (Å²) in [5, 5.41) is 15.9. The molecule has 1 fully saturated rings. The number of aliphatic hydroxyl groups excluding tert-OH is 1. The predicted octanol–water partition coefficient (Wildman–Crippen LogP) is 5.26. The molecule has 5 rings (SSSR count). The molecule has 0 unspecified atom stereocenters. The first-order valence-corrected chi connectivity index (χ1v) is 20.7. The summed E-state index contributed by atoms with van der Waals surface area (Å²) in [4.78, 5) is 0. The molecule has 4 aromatic rings. The molecule has 0 spiro atoms. The lowest BCUT2D eigenvalue weighted by atomic mass is 9.99. The fraction of sp³-hybridized carbons (Fsp3) is 0.400. The van der Waals surface area contributed by atoms with Crippen LogP contribution in [0.25, 0.3) is 0 Å². The van der Waals surface area contributed by atoms with E-state index in [0.29, 0.717) is 0 Å². The molecular weight excluding hydrogens is 633 g/mol. The number of benzene rings is 4. The van der Waals surface area contributed by atoms with Crippen molar-refractivity contribution in [3.8, 4) is 0 Å². The molecule has 5 atom stereocenters. The average Bonchev–Trinajstić information content (AvgIpc) is 3.08. The lowest BCUT2D eigenvalue weighted by molar-refractivity contribution is -0.289. The van der Waals surface area contributed by atoms with Crippen LogP contribution in [0.5, 0.6) is 0 Å². The van der Waals surface area contributed by atoms with E-state index in [1.54, 1.807) is 14.2 Å². The first kappa shape index (κ1) is 36.4. The summed E-state index contributed by atoms with van der Waals surface area (Å²) < 4.78 is 33.5. The van der Waals surface area contributed by atoms with Crippen LogP contribution in [0.1, 0.15) is 41.5 Å². The number of hydrogen-bond acceptors (Lipinski definition) is 6. The topological polar surface area (TPSA) is 66.4 Å². The van der Waals surface area contributed by atoms with Gasteiger partial charge in [0, 0.05) is 14.2 Å². The maximum absolute atomic E-state index is 11.9. The van der Waals surface area contributed by atoms with E-state index in [2.05, 4.69) is 114 Å². The Hall–Kier alpha value is -2.93. The molecule has 0 radical (unpaired) electrons. The van der Waals surface area contributed by atoms with Crippen molar-refractivity contribution in [2.75, 3.05) is 20.8 Å². The van der Waals surface area contributed by atoms with E-state index in [1.807, 2.05) is 48.5 Å². The van der Waals surface area contributed by atoms with E-state index in [-0.39, 0.29) is 16.7 Å². The first-order chi connectivity index (χ1) is 22.9. The van der Waals surface area contributed by atoms with E-state index < -0.39 is 47.3 Å². The monoisotopic (exact) mass is 684 g/mol. The second-order valence-electron chi connectivity index (χ2n) is 14.7. The lowest BCUT2D eigenvalue weighted by Gasteiger charge is -2.51. The molecule has 0 saturated carbocycles. The van der Waals surface area contributed by atoms with Gasteiger partial charge in [0.15, 0.2) is 6.29 Å². The van der Waals surface area contributed by atoms with Gasteiger partial charge in [0.25, 0.3) is 16.6 Å². The van der Waals surface area contributed by atoms with E-state index in [9.17, 15) is 5.11 Å². The van der Waals surface area contributed by atoms with Crippen molar-refractivity contribution in [1.82, 2.24) is 0 Å². The Morgan fingerprint density at radius 1 is 0.542 bits per heavy atom. The van der Waals surface area contributed by atoms with Crippen molar-refractivity contribution in [3.05, 3.63) is 121 Å². The van der Waals surface area contributed by atoms with Crippen LogP contribution in [0.2, 0.25) is 10.1 Å². The van der Waals surface area contributed by atoms with Gasteiger partial charge in [-0.05, 0) is 30.8 Å². The summed E-state index contributed by atoms with van der Waals surface area (Å²) in [6, 6.07) is 41.8. The summed E-state index contributed by atoms with van der Waals surface area (Å²) in [5.41, 5.74) is 0. The minimum atomic E-state index is -3.06. The molecule has 8 heteroatoms. The van der Waals surface area contributed by atoms with E-state index in [1.165, 1.54) is 10.4 Å². The van der Waals surface area contributed by atoms with E-state index in [4.69, 9.17) is 23.1 Å². The molecule has 48 heavy (non-hydrogen) atoms. The molecule has 1 saturated heterocycles. The summed E-state index contributed by atoms with van der Waals surface area (Å²) in [6.07, 6.45) is -3.92. The van der Waals surface area contributed by atoms with Crippen LogP contribution in [-0.4, -0.2) is 73.3 Å². The minimum Gasteiger partial charge on any atom is -0.405 e. The van der Waals surface area contributed by atoms with Gasteiger partial charge >= 0.3 is 0 Å². The first-order valence-electron chi connectivity index (χ1n) is 16.8. The minimum absolute atomic E-state index is 0.203. The highest BCUT2D eigenvalue weighted by Gasteiger charge is 2.57. The van der Waals surface area contributed by atoms with Crippen LogP contribution in [-0.2, 0) is 23.1 Å². The predicted molar refractivity (Wildman–Crippen MR) is 199 cm³/mol. The van der Waals surface area contributed by atoms with E-state index in [0.717, 1.165) is 10.4 Å². The summed E-state index contributed by atoms with van der Waals surface area (Å²) in [7, 11) is -2.63. The summed E-state index contributed by atoms with van der Waals surface area (Å²) in [6.45, 7) is 13.6. The van der Waals surface area contributed by atoms with Crippen LogP contribution in [0.15, 0.2) is 121 Å². The molecular formula is C40H52O6Si2. The third kappa shape index (κ3) is 6.78. The Kier molecular flexibility index (Phi) is 11.3. The molecule has 1 aliphatic rings. The van der Waals surface area contributed by atoms with Crippen molar-refractivity contribution in [2.24, 2.45) is 0 Å². The normalized spacial score (nSPS) is 22.4. The number of methoxy groups -OCH3 is 2. The molecule has 0 aliphatic carbocycles. The zero-order chi connectivity index (χ0) is 34.6. The summed E-state index contributed by atoms with van der Waals surface area (Å²) in [5.74, 6) is 0. The van der Waals surface area contributed by atoms with Crippen LogP contribution < -0.4 is 20.7 Å². The van der Waals surface area contributed by atoms with Crippen LogP contribution in [0, 0.1) is 0 Å². The SMILES string of the molecule is CO[C@@H]1[C@H](O[Si](c2ccccc2)(c2ccccc2)C(C)(C)C)[C@@H](O)O[C@H](CO[Si](c2ccccc2)(c2ccccc2)C(C)(C)C)[C@H]1OC. The standard InChI is InChI=1S/C40H52O6Si2/c1-39(2,3)47(30-21-13-9-14-22-30,31-23-15-10-16-24-31)44-29-34-35(42-7)36(43-8)37(38(41)45-34)46-48(40(4,5)6,32-25-17-11-18-26-32)33-27-19-12-20-28-33/h9-28,34-38,41H,29H2,1-8H3/t34-,35-,36+,37+,38+/m1/s1. The Balaban J connectivity index is 1.53. The third-order valence-corrected chi connectivity index (χ3v) is 19.8. The van der Waals surface area contributed by atoms with Gasteiger partial charge in [-0.2, -0.15) is 0 Å². The number of hydrogen-bond donors (Lipinski definition) is 1. The molecule has 256 valence electrons. The smallest absolute Gasteiger partial charge is 0.261 e. The van der Waals surface area contributed by atoms with Gasteiger partial charge in [0.05, 0.1) is 6.61 Å². The highest BCUT2D eigenvalue weighted by molar-refractivity contribution is 7.00. The number of rotatable bonds is 11. The molecule has 4 aromatic carbocycles. The van der Waals surface area contributed by atoms with Crippen LogP contribution in [0.4, 0.5) is 0 Å². The van der Waals surface area contributed by atoms with Gasteiger partial charge in [-0.15, -0.1) is 0 Å². The maximum Gasteiger partial charge on any atom is 0.261 e. The van der Waals surface area contributed by atoms with E-state index >= 15 is 0 Å². The largest absolute Gasteiger partial charge is 0.405 e. The van der Waals surface area contributed by atoms with Gasteiger partial charge < -0.3 is 28.2 Å². The number of ether oxygens (including phenoxy) is 3. The molecule has 1 N–H and O–H groups in total. The molecule has 0 bridgehead atoms. The van der Waals surface area contributed by atoms with Crippen LogP contribution >= 0.6 is 0 Å². The second kappa shape index (κ2) is 14.9. The van der Waals surface area contributed by atoms with Gasteiger partial charge in [-0.25, -0.2) is 0 Å². The fourth-order valence-corrected chi connectivity index (χ4v) is 16.8.